The molecule has 0 fully saturated rings. The number of ketones is 1. The molecular formula is C23H21IrN2O3-. The third kappa shape index (κ3) is 5.37. The van der Waals surface area contributed by atoms with E-state index in [-0.39, 0.29) is 31.6 Å². The zero-order chi connectivity index (χ0) is 20.3. The van der Waals surface area contributed by atoms with Crippen LogP contribution in [0.2, 0.25) is 0 Å². The molecule has 3 aromatic heterocycles. The van der Waals surface area contributed by atoms with E-state index in [0.29, 0.717) is 0 Å². The van der Waals surface area contributed by atoms with Crippen molar-refractivity contribution in [2.45, 2.75) is 27.7 Å². The Balaban J connectivity index is 0.000000327. The first-order chi connectivity index (χ1) is 13.3. The summed E-state index contributed by atoms with van der Waals surface area (Å²) in [5.41, 5.74) is 5.80. The Hall–Kier alpha value is -2.82. The first-order valence-corrected chi connectivity index (χ1v) is 8.85. The van der Waals surface area contributed by atoms with E-state index in [1.54, 1.807) is 6.26 Å². The number of aliphatic hydroxyl groups excluding tert-OH is 1. The predicted octanol–water partition coefficient (Wildman–Crippen LogP) is 5.49. The normalized spacial score (nSPS) is 11.0. The van der Waals surface area contributed by atoms with Crippen LogP contribution >= 0.6 is 0 Å². The third-order valence-corrected chi connectivity index (χ3v) is 4.02. The van der Waals surface area contributed by atoms with Gasteiger partial charge in [-0.2, -0.15) is 0 Å². The van der Waals surface area contributed by atoms with Crippen LogP contribution in [0.15, 0.2) is 59.2 Å². The van der Waals surface area contributed by atoms with Crippen molar-refractivity contribution in [2.75, 3.05) is 0 Å². The van der Waals surface area contributed by atoms with Crippen LogP contribution in [0.5, 0.6) is 0 Å². The Morgan fingerprint density at radius 3 is 2.52 bits per heavy atom. The molecule has 3 heterocycles. The monoisotopic (exact) mass is 566 g/mol. The zero-order valence-electron chi connectivity index (χ0n) is 16.6. The number of aryl methyl sites for hydroxylation is 2. The number of hydrogen-bond acceptors (Lipinski definition) is 5. The van der Waals surface area contributed by atoms with Crippen LogP contribution in [0.4, 0.5) is 0 Å². The van der Waals surface area contributed by atoms with Crippen LogP contribution in [0.25, 0.3) is 33.1 Å². The van der Waals surface area contributed by atoms with Crippen molar-refractivity contribution in [3.05, 3.63) is 72.0 Å². The molecule has 1 radical (unpaired) electrons. The fraction of sp³-hybridized carbons (Fsp3) is 0.174. The fourth-order valence-corrected chi connectivity index (χ4v) is 2.90. The van der Waals surface area contributed by atoms with Crippen LogP contribution < -0.4 is 0 Å². The Bertz CT molecular complexity index is 1190. The number of rotatable bonds is 2. The summed E-state index contributed by atoms with van der Waals surface area (Å²) in [6, 6.07) is 11.5. The summed E-state index contributed by atoms with van der Waals surface area (Å²) < 4.78 is 5.57. The first-order valence-electron chi connectivity index (χ1n) is 8.85. The molecule has 0 aliphatic rings. The van der Waals surface area contributed by atoms with E-state index in [0.717, 1.165) is 38.7 Å². The van der Waals surface area contributed by atoms with Gasteiger partial charge in [0.15, 0.2) is 5.78 Å². The zero-order valence-corrected chi connectivity index (χ0v) is 19.0. The number of carbonyl (C=O) groups is 1. The summed E-state index contributed by atoms with van der Waals surface area (Å²) in [6.45, 7) is 6.95. The molecule has 1 N–H and O–H groups in total. The van der Waals surface area contributed by atoms with Gasteiger partial charge in [-0.25, -0.2) is 0 Å². The minimum atomic E-state index is -0.125. The van der Waals surface area contributed by atoms with Gasteiger partial charge in [-0.15, -0.1) is 6.07 Å². The maximum absolute atomic E-state index is 10.0. The van der Waals surface area contributed by atoms with Crippen LogP contribution in [0, 0.1) is 19.9 Å². The molecule has 0 aliphatic carbocycles. The Morgan fingerprint density at radius 2 is 1.90 bits per heavy atom. The Morgan fingerprint density at radius 1 is 1.14 bits per heavy atom. The van der Waals surface area contributed by atoms with Crippen molar-refractivity contribution >= 4 is 27.7 Å². The molecule has 0 bridgehead atoms. The molecular weight excluding hydrogens is 544 g/mol. The van der Waals surface area contributed by atoms with Gasteiger partial charge in [-0.1, -0.05) is 40.1 Å². The molecule has 0 saturated heterocycles. The number of carbonyl (C=O) groups excluding carboxylic acids is 1. The summed E-state index contributed by atoms with van der Waals surface area (Å²) in [6.07, 6.45) is 6.53. The van der Waals surface area contributed by atoms with Crippen molar-refractivity contribution < 1.29 is 34.4 Å². The van der Waals surface area contributed by atoms with Gasteiger partial charge < -0.3 is 9.52 Å². The maximum Gasteiger partial charge on any atom is 0.155 e. The van der Waals surface area contributed by atoms with Gasteiger partial charge in [0.25, 0.3) is 0 Å². The van der Waals surface area contributed by atoms with Crippen molar-refractivity contribution in [3.63, 3.8) is 0 Å². The molecule has 0 amide bonds. The van der Waals surface area contributed by atoms with E-state index in [1.807, 2.05) is 31.5 Å². The van der Waals surface area contributed by atoms with E-state index in [4.69, 9.17) is 9.52 Å². The fourth-order valence-electron chi connectivity index (χ4n) is 2.90. The second-order valence-corrected chi connectivity index (χ2v) is 6.69. The van der Waals surface area contributed by atoms with E-state index in [2.05, 4.69) is 35.1 Å². The largest absolute Gasteiger partial charge is 0.512 e. The van der Waals surface area contributed by atoms with Crippen molar-refractivity contribution in [1.29, 1.82) is 0 Å². The molecule has 4 aromatic rings. The van der Waals surface area contributed by atoms with Gasteiger partial charge in [0.2, 0.25) is 0 Å². The van der Waals surface area contributed by atoms with Crippen LogP contribution in [0.3, 0.4) is 0 Å². The third-order valence-electron chi connectivity index (χ3n) is 4.02. The first kappa shape index (κ1) is 22.5. The molecule has 151 valence electrons. The van der Waals surface area contributed by atoms with Gasteiger partial charge in [0.1, 0.15) is 0 Å². The summed E-state index contributed by atoms with van der Waals surface area (Å²) in [7, 11) is 0. The van der Waals surface area contributed by atoms with Crippen LogP contribution in [-0.4, -0.2) is 20.9 Å². The maximum atomic E-state index is 10.0. The number of nitrogens with zero attached hydrogens (tertiary/aromatic N) is 2. The standard InChI is InChI=1S/C18H13N2O.C5H8O2.Ir/c1-11-3-5-19-16(8-11)14-9-13-4-6-21-18(13)17-15(14)7-12(2)10-20-17;1-4(6)3-5(2)7;/h3-8,10H,1-2H3;3,6H,1-2H3;/q-1;;/b;4-3-;. The SMILES string of the molecule is CC(=O)/C=C(/C)O.Cc1ccnc(-c2[c-]c3ccoc3c3ncc(C)cc23)c1.[Ir]. The van der Waals surface area contributed by atoms with E-state index in [9.17, 15) is 4.79 Å². The number of aromatic nitrogens is 2. The van der Waals surface area contributed by atoms with Gasteiger partial charge in [-0.05, 0) is 39.3 Å². The molecule has 1 aromatic carbocycles. The summed E-state index contributed by atoms with van der Waals surface area (Å²) in [4.78, 5) is 19.1. The van der Waals surface area contributed by atoms with Gasteiger partial charge >= 0.3 is 0 Å². The molecule has 4 rings (SSSR count). The van der Waals surface area contributed by atoms with E-state index < -0.39 is 0 Å². The second-order valence-electron chi connectivity index (χ2n) is 6.69. The van der Waals surface area contributed by atoms with Crippen molar-refractivity contribution in [2.24, 2.45) is 0 Å². The number of pyridine rings is 2. The van der Waals surface area contributed by atoms with Gasteiger partial charge in [0.05, 0.1) is 11.3 Å². The van der Waals surface area contributed by atoms with Crippen molar-refractivity contribution in [1.82, 2.24) is 9.97 Å². The number of fused-ring (bicyclic) bond motifs is 3. The van der Waals surface area contributed by atoms with Crippen molar-refractivity contribution in [3.8, 4) is 11.3 Å². The molecule has 6 heteroatoms. The molecule has 29 heavy (non-hydrogen) atoms. The van der Waals surface area contributed by atoms with Gasteiger partial charge in [-0.3, -0.25) is 14.8 Å². The number of aliphatic hydroxyl groups is 1. The smallest absolute Gasteiger partial charge is 0.155 e. The molecule has 0 aliphatic heterocycles. The minimum Gasteiger partial charge on any atom is -0.512 e. The van der Waals surface area contributed by atoms with E-state index >= 15 is 0 Å². The Labute approximate surface area is 182 Å². The van der Waals surface area contributed by atoms with E-state index in [1.165, 1.54) is 25.5 Å². The average Bonchev–Trinajstić information content (AvgIpc) is 3.08. The van der Waals surface area contributed by atoms with Gasteiger partial charge in [0, 0.05) is 56.0 Å². The van der Waals surface area contributed by atoms with Crippen LogP contribution in [-0.2, 0) is 24.9 Å². The molecule has 0 saturated carbocycles. The molecule has 0 spiro atoms. The molecule has 0 atom stereocenters. The quantitative estimate of drug-likeness (QED) is 0.198. The summed E-state index contributed by atoms with van der Waals surface area (Å²) >= 11 is 0. The number of furan rings is 1. The minimum absolute atomic E-state index is 0. The number of hydrogen-bond donors (Lipinski definition) is 1. The van der Waals surface area contributed by atoms with Crippen LogP contribution in [0.1, 0.15) is 25.0 Å². The topological polar surface area (TPSA) is 76.2 Å². The average molecular weight is 566 g/mol. The summed E-state index contributed by atoms with van der Waals surface area (Å²) in [5, 5.41) is 10.3. The second kappa shape index (κ2) is 9.59. The predicted molar refractivity (Wildman–Crippen MR) is 110 cm³/mol. The Kier molecular flexibility index (Phi) is 7.43. The molecule has 5 nitrogen and oxygen atoms in total. The number of allylic oxidation sites excluding steroid dienone is 2. The number of benzene rings is 1. The molecule has 0 unspecified atom stereocenters. The summed E-state index contributed by atoms with van der Waals surface area (Å²) in [5.74, 6) is -0.0625.